The molecule has 0 saturated heterocycles. The summed E-state index contributed by atoms with van der Waals surface area (Å²) in [6.45, 7) is 1.27. The zero-order valence-corrected chi connectivity index (χ0v) is 6.95. The molecular weight excluding hydrogens is 180 g/mol. The third-order valence-corrected chi connectivity index (χ3v) is 1.80. The first-order valence-corrected chi connectivity index (χ1v) is 3.72. The largest absolute Gasteiger partial charge is 0.477 e. The van der Waals surface area contributed by atoms with Crippen LogP contribution < -0.4 is 0 Å². The van der Waals surface area contributed by atoms with Gasteiger partial charge in [0.05, 0.1) is 6.04 Å². The lowest BCUT2D eigenvalue weighted by atomic mass is 10.3. The van der Waals surface area contributed by atoms with Gasteiger partial charge in [-0.2, -0.15) is 0 Å². The van der Waals surface area contributed by atoms with E-state index in [4.69, 9.17) is 5.11 Å². The molecule has 1 rings (SSSR count). The molecule has 0 aromatic carbocycles. The first-order chi connectivity index (χ1) is 6.04. The van der Waals surface area contributed by atoms with Crippen molar-refractivity contribution < 1.29 is 18.7 Å². The Balaban J connectivity index is 3.00. The van der Waals surface area contributed by atoms with Gasteiger partial charge < -0.3 is 9.67 Å². The maximum atomic E-state index is 12.2. The van der Waals surface area contributed by atoms with Crippen molar-refractivity contribution in [1.29, 1.82) is 0 Å². The number of alkyl halides is 2. The summed E-state index contributed by atoms with van der Waals surface area (Å²) in [6.07, 6.45) is -1.23. The molecule has 1 heterocycles. The summed E-state index contributed by atoms with van der Waals surface area (Å²) < 4.78 is 25.5. The van der Waals surface area contributed by atoms with Gasteiger partial charge in [-0.25, -0.2) is 13.6 Å². The summed E-state index contributed by atoms with van der Waals surface area (Å²) in [7, 11) is 0. The van der Waals surface area contributed by atoms with Crippen molar-refractivity contribution >= 4 is 5.97 Å². The first-order valence-electron chi connectivity index (χ1n) is 3.72. The number of carbonyl (C=O) groups is 1. The fourth-order valence-electron chi connectivity index (χ4n) is 1.05. The lowest BCUT2D eigenvalue weighted by Gasteiger charge is -2.14. The van der Waals surface area contributed by atoms with Crippen LogP contribution in [0.25, 0.3) is 0 Å². The highest BCUT2D eigenvalue weighted by atomic mass is 19.3. The minimum absolute atomic E-state index is 0.118. The number of carboxylic acid groups (broad SMARTS) is 1. The van der Waals surface area contributed by atoms with Crippen LogP contribution in [0.5, 0.6) is 0 Å². The molecule has 0 spiro atoms. The van der Waals surface area contributed by atoms with Crippen LogP contribution in [0.4, 0.5) is 8.78 Å². The molecule has 1 unspecified atom stereocenters. The van der Waals surface area contributed by atoms with Crippen molar-refractivity contribution in [2.45, 2.75) is 19.4 Å². The van der Waals surface area contributed by atoms with E-state index in [0.29, 0.717) is 0 Å². The van der Waals surface area contributed by atoms with E-state index in [-0.39, 0.29) is 5.69 Å². The Labute approximate surface area is 73.6 Å². The van der Waals surface area contributed by atoms with Gasteiger partial charge in [0.2, 0.25) is 0 Å². The second kappa shape index (κ2) is 3.55. The van der Waals surface area contributed by atoms with E-state index in [2.05, 4.69) is 0 Å². The van der Waals surface area contributed by atoms with Crippen LogP contribution in [0, 0.1) is 0 Å². The van der Waals surface area contributed by atoms with E-state index >= 15 is 0 Å². The monoisotopic (exact) mass is 189 g/mol. The standard InChI is InChI=1S/C8H9F2NO2/c1-5(7(9)10)11-4-2-3-6(11)8(12)13/h2-5,7H,1H3,(H,12,13). The summed E-state index contributed by atoms with van der Waals surface area (Å²) in [5.74, 6) is -1.20. The molecule has 0 aliphatic heterocycles. The zero-order chi connectivity index (χ0) is 10.0. The molecule has 0 radical (unpaired) electrons. The SMILES string of the molecule is CC(C(F)F)n1cccc1C(=O)O. The molecule has 13 heavy (non-hydrogen) atoms. The van der Waals surface area contributed by atoms with Crippen LogP contribution in [0.2, 0.25) is 0 Å². The Morgan fingerprint density at radius 1 is 1.62 bits per heavy atom. The molecule has 0 bridgehead atoms. The number of carboxylic acids is 1. The normalized spacial score (nSPS) is 13.2. The minimum atomic E-state index is -2.56. The molecule has 3 nitrogen and oxygen atoms in total. The van der Waals surface area contributed by atoms with Gasteiger partial charge >= 0.3 is 5.97 Å². The maximum Gasteiger partial charge on any atom is 0.352 e. The maximum absolute atomic E-state index is 12.2. The predicted molar refractivity (Wildman–Crippen MR) is 42.1 cm³/mol. The average Bonchev–Trinajstić information content (AvgIpc) is 2.50. The van der Waals surface area contributed by atoms with Gasteiger partial charge in [-0.05, 0) is 19.1 Å². The molecule has 1 aromatic heterocycles. The fraction of sp³-hybridized carbons (Fsp3) is 0.375. The Hall–Kier alpha value is -1.39. The van der Waals surface area contributed by atoms with Crippen molar-refractivity contribution in [1.82, 2.24) is 4.57 Å². The summed E-state index contributed by atoms with van der Waals surface area (Å²) in [4.78, 5) is 10.5. The summed E-state index contributed by atoms with van der Waals surface area (Å²) >= 11 is 0. The summed E-state index contributed by atoms with van der Waals surface area (Å²) in [5.41, 5.74) is -0.118. The van der Waals surface area contributed by atoms with Gasteiger partial charge in [0.1, 0.15) is 5.69 Å². The van der Waals surface area contributed by atoms with Crippen LogP contribution in [0.3, 0.4) is 0 Å². The van der Waals surface area contributed by atoms with Crippen LogP contribution in [-0.2, 0) is 0 Å². The third-order valence-electron chi connectivity index (χ3n) is 1.80. The Kier molecular flexibility index (Phi) is 2.65. The molecule has 5 heteroatoms. The van der Waals surface area contributed by atoms with Gasteiger partial charge in [0.15, 0.2) is 0 Å². The van der Waals surface area contributed by atoms with Crippen molar-refractivity contribution in [3.05, 3.63) is 24.0 Å². The second-order valence-corrected chi connectivity index (χ2v) is 2.68. The number of hydrogen-bond donors (Lipinski definition) is 1. The highest BCUT2D eigenvalue weighted by molar-refractivity contribution is 5.85. The summed E-state index contributed by atoms with van der Waals surface area (Å²) in [6, 6.07) is 1.62. The van der Waals surface area contributed by atoms with Gasteiger partial charge in [-0.1, -0.05) is 0 Å². The lowest BCUT2D eigenvalue weighted by molar-refractivity contribution is 0.0651. The molecule has 0 fully saturated rings. The number of hydrogen-bond acceptors (Lipinski definition) is 1. The van der Waals surface area contributed by atoms with E-state index < -0.39 is 18.4 Å². The topological polar surface area (TPSA) is 42.2 Å². The third kappa shape index (κ3) is 1.85. The smallest absolute Gasteiger partial charge is 0.352 e. The van der Waals surface area contributed by atoms with Gasteiger partial charge in [0.25, 0.3) is 6.43 Å². The van der Waals surface area contributed by atoms with Crippen LogP contribution >= 0.6 is 0 Å². The number of nitrogens with zero attached hydrogens (tertiary/aromatic N) is 1. The van der Waals surface area contributed by atoms with Gasteiger partial charge in [-0.3, -0.25) is 0 Å². The van der Waals surface area contributed by atoms with E-state index in [1.165, 1.54) is 25.3 Å². The molecular formula is C8H9F2NO2. The molecule has 1 N–H and O–H groups in total. The predicted octanol–water partition coefficient (Wildman–Crippen LogP) is 2.01. The lowest BCUT2D eigenvalue weighted by Crippen LogP contribution is -2.17. The van der Waals surface area contributed by atoms with E-state index in [9.17, 15) is 13.6 Å². The average molecular weight is 189 g/mol. The highest BCUT2D eigenvalue weighted by Gasteiger charge is 2.20. The molecule has 0 saturated carbocycles. The number of aromatic nitrogens is 1. The van der Waals surface area contributed by atoms with Crippen LogP contribution in [0.15, 0.2) is 18.3 Å². The first kappa shape index (κ1) is 9.70. The minimum Gasteiger partial charge on any atom is -0.477 e. The number of rotatable bonds is 3. The van der Waals surface area contributed by atoms with Crippen LogP contribution in [-0.4, -0.2) is 22.1 Å². The van der Waals surface area contributed by atoms with Crippen molar-refractivity contribution in [3.63, 3.8) is 0 Å². The molecule has 0 amide bonds. The zero-order valence-electron chi connectivity index (χ0n) is 6.95. The van der Waals surface area contributed by atoms with Gasteiger partial charge in [-0.15, -0.1) is 0 Å². The number of halogens is 2. The molecule has 0 aliphatic rings. The highest BCUT2D eigenvalue weighted by Crippen LogP contribution is 2.18. The van der Waals surface area contributed by atoms with E-state index in [1.807, 2.05) is 0 Å². The Morgan fingerprint density at radius 3 is 2.69 bits per heavy atom. The van der Waals surface area contributed by atoms with Gasteiger partial charge in [0, 0.05) is 6.20 Å². The van der Waals surface area contributed by atoms with Crippen molar-refractivity contribution in [2.24, 2.45) is 0 Å². The fourth-order valence-corrected chi connectivity index (χ4v) is 1.05. The van der Waals surface area contributed by atoms with E-state index in [0.717, 1.165) is 4.57 Å². The Bertz CT molecular complexity index is 309. The molecule has 72 valence electrons. The van der Waals surface area contributed by atoms with Crippen LogP contribution in [0.1, 0.15) is 23.5 Å². The molecule has 1 aromatic rings. The van der Waals surface area contributed by atoms with Crippen molar-refractivity contribution in [2.75, 3.05) is 0 Å². The molecule has 1 atom stereocenters. The van der Waals surface area contributed by atoms with E-state index in [1.54, 1.807) is 0 Å². The van der Waals surface area contributed by atoms with Crippen molar-refractivity contribution in [3.8, 4) is 0 Å². The summed E-state index contributed by atoms with van der Waals surface area (Å²) in [5, 5.41) is 8.62. The molecule has 0 aliphatic carbocycles. The number of aromatic carboxylic acids is 1. The second-order valence-electron chi connectivity index (χ2n) is 2.68. The Morgan fingerprint density at radius 2 is 2.23 bits per heavy atom. The quantitative estimate of drug-likeness (QED) is 0.790.